The molecule has 1 aromatic carbocycles. The largest absolute Gasteiger partial charge is 0.495 e. The molecule has 0 aliphatic heterocycles. The van der Waals surface area contributed by atoms with E-state index in [4.69, 9.17) is 10.5 Å². The second-order valence-electron chi connectivity index (χ2n) is 5.11. The maximum Gasteiger partial charge on any atom is 0.136 e. The van der Waals surface area contributed by atoms with Gasteiger partial charge in [0.25, 0.3) is 0 Å². The number of aromatic nitrogens is 2. The van der Waals surface area contributed by atoms with Crippen LogP contribution in [0.4, 0.5) is 5.82 Å². The number of ether oxygens (including phenoxy) is 1. The first-order valence-electron chi connectivity index (χ1n) is 6.98. The molecule has 0 radical (unpaired) electrons. The molecule has 2 aromatic rings. The fourth-order valence-corrected chi connectivity index (χ4v) is 2.47. The Kier molecular flexibility index (Phi) is 4.18. The molecule has 0 aliphatic rings. The second-order valence-corrected chi connectivity index (χ2v) is 5.11. The zero-order valence-corrected chi connectivity index (χ0v) is 12.8. The fraction of sp³-hybridized carbons (Fsp3) is 0.375. The summed E-state index contributed by atoms with van der Waals surface area (Å²) in [6.07, 6.45) is 0.809. The molecule has 0 saturated carbocycles. The van der Waals surface area contributed by atoms with Crippen LogP contribution >= 0.6 is 0 Å². The van der Waals surface area contributed by atoms with Crippen molar-refractivity contribution in [3.05, 3.63) is 29.6 Å². The maximum atomic E-state index is 9.20. The summed E-state index contributed by atoms with van der Waals surface area (Å²) in [5, 5.41) is 9.20. The van der Waals surface area contributed by atoms with Gasteiger partial charge in [-0.05, 0) is 32.0 Å². The number of methoxy groups -OCH3 is 1. The van der Waals surface area contributed by atoms with Crippen LogP contribution in [0.2, 0.25) is 0 Å². The van der Waals surface area contributed by atoms with Crippen molar-refractivity contribution >= 4 is 5.82 Å². The highest BCUT2D eigenvalue weighted by Crippen LogP contribution is 2.32. The van der Waals surface area contributed by atoms with Crippen LogP contribution in [0.5, 0.6) is 5.75 Å². The van der Waals surface area contributed by atoms with E-state index in [1.54, 1.807) is 19.2 Å². The zero-order valence-electron chi connectivity index (χ0n) is 12.8. The van der Waals surface area contributed by atoms with Crippen LogP contribution in [0.1, 0.15) is 38.2 Å². The van der Waals surface area contributed by atoms with Crippen molar-refractivity contribution in [2.45, 2.75) is 33.2 Å². The monoisotopic (exact) mass is 284 g/mol. The molecule has 1 aromatic heterocycles. The molecular formula is C16H20N4O. The molecular weight excluding hydrogens is 264 g/mol. The number of hydrogen-bond donors (Lipinski definition) is 1. The Bertz CT molecular complexity index is 695. The summed E-state index contributed by atoms with van der Waals surface area (Å²) < 4.78 is 7.20. The molecule has 2 rings (SSSR count). The van der Waals surface area contributed by atoms with E-state index in [9.17, 15) is 5.26 Å². The first kappa shape index (κ1) is 14.9. The van der Waals surface area contributed by atoms with Gasteiger partial charge in [0.15, 0.2) is 0 Å². The molecule has 0 amide bonds. The summed E-state index contributed by atoms with van der Waals surface area (Å²) in [5.74, 6) is 2.14. The minimum Gasteiger partial charge on any atom is -0.495 e. The van der Waals surface area contributed by atoms with Gasteiger partial charge in [-0.15, -0.1) is 0 Å². The quantitative estimate of drug-likeness (QED) is 0.935. The number of nitriles is 1. The number of rotatable bonds is 4. The van der Waals surface area contributed by atoms with Crippen molar-refractivity contribution in [3.8, 4) is 23.1 Å². The third-order valence-corrected chi connectivity index (χ3v) is 3.45. The van der Waals surface area contributed by atoms with Crippen molar-refractivity contribution < 1.29 is 4.74 Å². The van der Waals surface area contributed by atoms with E-state index in [0.717, 1.165) is 23.5 Å². The molecule has 0 aliphatic carbocycles. The van der Waals surface area contributed by atoms with E-state index in [0.29, 0.717) is 17.1 Å². The summed E-state index contributed by atoms with van der Waals surface area (Å²) >= 11 is 0. The second kappa shape index (κ2) is 5.88. The van der Waals surface area contributed by atoms with Crippen molar-refractivity contribution in [2.75, 3.05) is 12.8 Å². The van der Waals surface area contributed by atoms with Crippen LogP contribution < -0.4 is 10.5 Å². The predicted octanol–water partition coefficient (Wildman–Crippen LogP) is 3.16. The Balaban J connectivity index is 2.60. The molecule has 110 valence electrons. The SMILES string of the molecule is CCc1nc(-c2ccc(OC)c(C#N)c2)c(N)n1C(C)C. The van der Waals surface area contributed by atoms with Crippen molar-refractivity contribution in [1.29, 1.82) is 5.26 Å². The Hall–Kier alpha value is -2.48. The molecule has 0 bridgehead atoms. The standard InChI is InChI=1S/C16H20N4O/c1-5-14-19-15(16(18)20(14)10(2)3)11-6-7-13(21-4)12(8-11)9-17/h6-8,10H,5,18H2,1-4H3. The summed E-state index contributed by atoms with van der Waals surface area (Å²) in [6, 6.07) is 7.79. The number of anilines is 1. The van der Waals surface area contributed by atoms with Gasteiger partial charge < -0.3 is 15.0 Å². The normalized spacial score (nSPS) is 10.7. The third kappa shape index (κ3) is 2.57. The minimum absolute atomic E-state index is 0.245. The van der Waals surface area contributed by atoms with Crippen LogP contribution in [0, 0.1) is 11.3 Å². The van der Waals surface area contributed by atoms with Crippen LogP contribution in [0.25, 0.3) is 11.3 Å². The van der Waals surface area contributed by atoms with Gasteiger partial charge in [0.2, 0.25) is 0 Å². The van der Waals surface area contributed by atoms with E-state index < -0.39 is 0 Å². The smallest absolute Gasteiger partial charge is 0.136 e. The van der Waals surface area contributed by atoms with Crippen LogP contribution in [0.15, 0.2) is 18.2 Å². The molecule has 5 heteroatoms. The maximum absolute atomic E-state index is 9.20. The highest BCUT2D eigenvalue weighted by Gasteiger charge is 2.18. The molecule has 0 fully saturated rings. The minimum atomic E-state index is 0.245. The molecule has 0 atom stereocenters. The number of aryl methyl sites for hydroxylation is 1. The van der Waals surface area contributed by atoms with E-state index >= 15 is 0 Å². The third-order valence-electron chi connectivity index (χ3n) is 3.45. The van der Waals surface area contributed by atoms with E-state index in [1.807, 2.05) is 10.6 Å². The van der Waals surface area contributed by atoms with Crippen LogP contribution in [-0.4, -0.2) is 16.7 Å². The lowest BCUT2D eigenvalue weighted by atomic mass is 10.1. The van der Waals surface area contributed by atoms with Gasteiger partial charge in [-0.25, -0.2) is 4.98 Å². The molecule has 0 unspecified atom stereocenters. The number of nitrogen functional groups attached to an aromatic ring is 1. The number of nitrogens with zero attached hydrogens (tertiary/aromatic N) is 3. The zero-order chi connectivity index (χ0) is 15.6. The van der Waals surface area contributed by atoms with Gasteiger partial charge in [0, 0.05) is 18.0 Å². The number of benzene rings is 1. The molecule has 5 nitrogen and oxygen atoms in total. The van der Waals surface area contributed by atoms with E-state index in [1.165, 1.54) is 0 Å². The molecule has 1 heterocycles. The predicted molar refractivity (Wildman–Crippen MR) is 83.1 cm³/mol. The summed E-state index contributed by atoms with van der Waals surface area (Å²) in [6.45, 7) is 6.21. The van der Waals surface area contributed by atoms with Crippen LogP contribution in [-0.2, 0) is 6.42 Å². The number of nitrogens with two attached hydrogens (primary N) is 1. The van der Waals surface area contributed by atoms with Crippen molar-refractivity contribution in [1.82, 2.24) is 9.55 Å². The Labute approximate surface area is 125 Å². The Morgan fingerprint density at radius 1 is 1.43 bits per heavy atom. The van der Waals surface area contributed by atoms with Gasteiger partial charge in [0.05, 0.1) is 12.7 Å². The summed E-state index contributed by atoms with van der Waals surface area (Å²) in [4.78, 5) is 4.64. The summed E-state index contributed by atoms with van der Waals surface area (Å²) in [5.41, 5.74) is 8.29. The fourth-order valence-electron chi connectivity index (χ4n) is 2.47. The highest BCUT2D eigenvalue weighted by molar-refractivity contribution is 5.73. The Morgan fingerprint density at radius 3 is 2.62 bits per heavy atom. The molecule has 2 N–H and O–H groups in total. The van der Waals surface area contributed by atoms with Crippen molar-refractivity contribution in [2.24, 2.45) is 0 Å². The lowest BCUT2D eigenvalue weighted by Crippen LogP contribution is -2.08. The highest BCUT2D eigenvalue weighted by atomic mass is 16.5. The van der Waals surface area contributed by atoms with Gasteiger partial charge in [0.1, 0.15) is 29.2 Å². The molecule has 21 heavy (non-hydrogen) atoms. The molecule has 0 saturated heterocycles. The average Bonchev–Trinajstić information content (AvgIpc) is 2.83. The van der Waals surface area contributed by atoms with Crippen molar-refractivity contribution in [3.63, 3.8) is 0 Å². The lowest BCUT2D eigenvalue weighted by Gasteiger charge is -2.12. The first-order valence-corrected chi connectivity index (χ1v) is 6.98. The van der Waals surface area contributed by atoms with Gasteiger partial charge in [-0.2, -0.15) is 5.26 Å². The van der Waals surface area contributed by atoms with E-state index in [-0.39, 0.29) is 6.04 Å². The average molecular weight is 284 g/mol. The van der Waals surface area contributed by atoms with Gasteiger partial charge in [-0.3, -0.25) is 0 Å². The van der Waals surface area contributed by atoms with Gasteiger partial charge in [-0.1, -0.05) is 6.92 Å². The topological polar surface area (TPSA) is 76.9 Å². The summed E-state index contributed by atoms with van der Waals surface area (Å²) in [7, 11) is 1.55. The first-order chi connectivity index (χ1) is 10.0. The van der Waals surface area contributed by atoms with Gasteiger partial charge >= 0.3 is 0 Å². The molecule has 0 spiro atoms. The number of imidazole rings is 1. The number of hydrogen-bond acceptors (Lipinski definition) is 4. The van der Waals surface area contributed by atoms with E-state index in [2.05, 4.69) is 31.8 Å². The Morgan fingerprint density at radius 2 is 2.14 bits per heavy atom. The van der Waals surface area contributed by atoms with Crippen LogP contribution in [0.3, 0.4) is 0 Å². The lowest BCUT2D eigenvalue weighted by molar-refractivity contribution is 0.413.